The number of halogens is 3. The van der Waals surface area contributed by atoms with Crippen molar-refractivity contribution in [1.29, 1.82) is 0 Å². The van der Waals surface area contributed by atoms with Crippen LogP contribution in [0.5, 0.6) is 0 Å². The summed E-state index contributed by atoms with van der Waals surface area (Å²) in [5, 5.41) is 0. The molecule has 0 radical (unpaired) electrons. The lowest BCUT2D eigenvalue weighted by molar-refractivity contribution is -0.137. The van der Waals surface area contributed by atoms with Crippen molar-refractivity contribution in [2.24, 2.45) is 11.7 Å². The number of hydrogen-bond donors (Lipinski definition) is 1. The van der Waals surface area contributed by atoms with Crippen LogP contribution in [0.15, 0.2) is 24.3 Å². The molecule has 0 saturated heterocycles. The fraction of sp³-hybridized carbons (Fsp3) is 0.625. The quantitative estimate of drug-likeness (QED) is 0.799. The summed E-state index contributed by atoms with van der Waals surface area (Å²) in [5.41, 5.74) is 6.04. The van der Waals surface area contributed by atoms with Gasteiger partial charge in [-0.05, 0) is 42.9 Å². The maximum Gasteiger partial charge on any atom is 0.416 e. The molecule has 1 saturated carbocycles. The van der Waals surface area contributed by atoms with Gasteiger partial charge in [-0.2, -0.15) is 13.2 Å². The van der Waals surface area contributed by atoms with Crippen LogP contribution in [0.3, 0.4) is 0 Å². The summed E-state index contributed by atoms with van der Waals surface area (Å²) in [6.07, 6.45) is 2.68. The average Bonchev–Trinajstić information content (AvgIpc) is 2.68. The molecule has 4 heteroatoms. The smallest absolute Gasteiger partial charge is 0.330 e. The molecular weight excluding hydrogens is 263 g/mol. The first-order valence-corrected chi connectivity index (χ1v) is 7.39. The third kappa shape index (κ3) is 3.75. The molecule has 1 atom stereocenters. The third-order valence-electron chi connectivity index (χ3n) is 4.36. The lowest BCUT2D eigenvalue weighted by atomic mass is 9.81. The largest absolute Gasteiger partial charge is 0.416 e. The second-order valence-electron chi connectivity index (χ2n) is 5.72. The highest BCUT2D eigenvalue weighted by molar-refractivity contribution is 5.29. The Bertz CT molecular complexity index is 420. The Balaban J connectivity index is 2.22. The zero-order valence-corrected chi connectivity index (χ0v) is 11.6. The van der Waals surface area contributed by atoms with Crippen LogP contribution >= 0.6 is 0 Å². The van der Waals surface area contributed by atoms with Crippen LogP contribution in [-0.4, -0.2) is 6.54 Å². The van der Waals surface area contributed by atoms with E-state index in [1.807, 2.05) is 0 Å². The summed E-state index contributed by atoms with van der Waals surface area (Å²) in [6.45, 7) is 0.423. The van der Waals surface area contributed by atoms with Crippen LogP contribution in [0.4, 0.5) is 13.2 Å². The number of alkyl halides is 3. The maximum absolute atomic E-state index is 12.8. The van der Waals surface area contributed by atoms with Crippen molar-refractivity contribution in [1.82, 2.24) is 0 Å². The minimum absolute atomic E-state index is 0.0513. The Kier molecular flexibility index (Phi) is 5.08. The Labute approximate surface area is 118 Å². The highest BCUT2D eigenvalue weighted by Crippen LogP contribution is 2.37. The van der Waals surface area contributed by atoms with E-state index in [0.29, 0.717) is 12.5 Å². The van der Waals surface area contributed by atoms with Crippen LogP contribution in [0.2, 0.25) is 0 Å². The molecule has 0 amide bonds. The van der Waals surface area contributed by atoms with Crippen molar-refractivity contribution in [3.63, 3.8) is 0 Å². The van der Waals surface area contributed by atoms with Gasteiger partial charge in [-0.3, -0.25) is 0 Å². The van der Waals surface area contributed by atoms with E-state index in [9.17, 15) is 13.2 Å². The van der Waals surface area contributed by atoms with Gasteiger partial charge in [-0.25, -0.2) is 0 Å². The molecule has 1 fully saturated rings. The van der Waals surface area contributed by atoms with Gasteiger partial charge in [-0.15, -0.1) is 0 Å². The van der Waals surface area contributed by atoms with Crippen LogP contribution < -0.4 is 5.73 Å². The average molecular weight is 285 g/mol. The number of hydrogen-bond acceptors (Lipinski definition) is 1. The summed E-state index contributed by atoms with van der Waals surface area (Å²) >= 11 is 0. The van der Waals surface area contributed by atoms with Gasteiger partial charge in [-0.1, -0.05) is 43.9 Å². The summed E-state index contributed by atoms with van der Waals surface area (Å²) in [7, 11) is 0. The predicted octanol–water partition coefficient (Wildman–Crippen LogP) is 4.72. The minimum Gasteiger partial charge on any atom is -0.330 e. The first-order valence-electron chi connectivity index (χ1n) is 7.39. The SMILES string of the molecule is NCC(c1cccc(C(F)(F)F)c1)C1CCCCCC1. The van der Waals surface area contributed by atoms with Gasteiger partial charge in [0.1, 0.15) is 0 Å². The summed E-state index contributed by atoms with van der Waals surface area (Å²) in [6, 6.07) is 5.70. The van der Waals surface area contributed by atoms with Gasteiger partial charge in [0.15, 0.2) is 0 Å². The maximum atomic E-state index is 12.8. The molecule has 20 heavy (non-hydrogen) atoms. The van der Waals surface area contributed by atoms with E-state index in [2.05, 4.69) is 0 Å². The lowest BCUT2D eigenvalue weighted by Gasteiger charge is -2.26. The summed E-state index contributed by atoms with van der Waals surface area (Å²) < 4.78 is 38.4. The Hall–Kier alpha value is -1.03. The van der Waals surface area contributed by atoms with Crippen LogP contribution in [0, 0.1) is 5.92 Å². The van der Waals surface area contributed by atoms with Crippen molar-refractivity contribution >= 4 is 0 Å². The Morgan fingerprint density at radius 3 is 2.30 bits per heavy atom. The molecule has 0 aromatic heterocycles. The first kappa shape index (κ1) is 15.4. The van der Waals surface area contributed by atoms with Gasteiger partial charge < -0.3 is 5.73 Å². The van der Waals surface area contributed by atoms with Crippen molar-refractivity contribution < 1.29 is 13.2 Å². The standard InChI is InChI=1S/C16H22F3N/c17-16(18,19)14-9-5-8-13(10-14)15(11-20)12-6-3-1-2-4-7-12/h5,8-10,12,15H,1-4,6-7,11,20H2. The minimum atomic E-state index is -4.28. The molecule has 1 aromatic carbocycles. The molecule has 0 spiro atoms. The molecule has 1 unspecified atom stereocenters. The number of rotatable bonds is 3. The number of benzene rings is 1. The van der Waals surface area contributed by atoms with E-state index in [-0.39, 0.29) is 5.92 Å². The molecule has 112 valence electrons. The van der Waals surface area contributed by atoms with E-state index in [1.54, 1.807) is 6.07 Å². The van der Waals surface area contributed by atoms with Crippen LogP contribution in [0.25, 0.3) is 0 Å². The van der Waals surface area contributed by atoms with Crippen LogP contribution in [-0.2, 0) is 6.18 Å². The molecule has 0 bridgehead atoms. The first-order chi connectivity index (χ1) is 9.52. The molecule has 2 rings (SSSR count). The zero-order valence-electron chi connectivity index (χ0n) is 11.6. The van der Waals surface area contributed by atoms with Crippen molar-refractivity contribution in [2.75, 3.05) is 6.54 Å². The van der Waals surface area contributed by atoms with Gasteiger partial charge >= 0.3 is 6.18 Å². The van der Waals surface area contributed by atoms with E-state index in [4.69, 9.17) is 5.73 Å². The molecule has 1 aliphatic carbocycles. The molecule has 1 aromatic rings. The third-order valence-corrected chi connectivity index (χ3v) is 4.36. The van der Waals surface area contributed by atoms with Gasteiger partial charge in [0.25, 0.3) is 0 Å². The highest BCUT2D eigenvalue weighted by Gasteiger charge is 2.31. The normalized spacial score (nSPS) is 19.6. The Morgan fingerprint density at radius 2 is 1.75 bits per heavy atom. The monoisotopic (exact) mass is 285 g/mol. The molecule has 1 aliphatic rings. The highest BCUT2D eigenvalue weighted by atomic mass is 19.4. The van der Waals surface area contributed by atoms with Gasteiger partial charge in [0.05, 0.1) is 5.56 Å². The summed E-state index contributed by atoms with van der Waals surface area (Å²) in [5.74, 6) is 0.474. The van der Waals surface area contributed by atoms with Crippen molar-refractivity contribution in [2.45, 2.75) is 50.6 Å². The summed E-state index contributed by atoms with van der Waals surface area (Å²) in [4.78, 5) is 0. The second-order valence-corrected chi connectivity index (χ2v) is 5.72. The molecule has 0 aliphatic heterocycles. The molecular formula is C16H22F3N. The predicted molar refractivity (Wildman–Crippen MR) is 74.4 cm³/mol. The zero-order chi connectivity index (χ0) is 14.6. The molecule has 1 nitrogen and oxygen atoms in total. The van der Waals surface area contributed by atoms with E-state index in [0.717, 1.165) is 24.5 Å². The van der Waals surface area contributed by atoms with Crippen molar-refractivity contribution in [3.05, 3.63) is 35.4 Å². The van der Waals surface area contributed by atoms with Gasteiger partial charge in [0.2, 0.25) is 0 Å². The number of nitrogens with two attached hydrogens (primary N) is 1. The Morgan fingerprint density at radius 1 is 1.10 bits per heavy atom. The molecule has 0 heterocycles. The topological polar surface area (TPSA) is 26.0 Å². The van der Waals surface area contributed by atoms with E-state index >= 15 is 0 Å². The van der Waals surface area contributed by atoms with Crippen molar-refractivity contribution in [3.8, 4) is 0 Å². The van der Waals surface area contributed by atoms with Gasteiger partial charge in [0, 0.05) is 0 Å². The molecule has 2 N–H and O–H groups in total. The van der Waals surface area contributed by atoms with Crippen LogP contribution in [0.1, 0.15) is 55.6 Å². The fourth-order valence-electron chi connectivity index (χ4n) is 3.26. The lowest BCUT2D eigenvalue weighted by Crippen LogP contribution is -2.22. The second kappa shape index (κ2) is 6.61. The fourth-order valence-corrected chi connectivity index (χ4v) is 3.26. The van der Waals surface area contributed by atoms with E-state index < -0.39 is 11.7 Å². The van der Waals surface area contributed by atoms with E-state index in [1.165, 1.54) is 37.8 Å².